The van der Waals surface area contributed by atoms with E-state index in [2.05, 4.69) is 12.6 Å². The van der Waals surface area contributed by atoms with Gasteiger partial charge in [-0.05, 0) is 60.9 Å². The van der Waals surface area contributed by atoms with Crippen molar-refractivity contribution in [2.45, 2.75) is 26.0 Å². The number of likely N-dealkylation sites (tertiary alicyclic amines) is 1. The number of aryl methyl sites for hydroxylation is 1. The third kappa shape index (κ3) is 6.56. The van der Waals surface area contributed by atoms with Crippen LogP contribution in [-0.4, -0.2) is 48.6 Å². The third-order valence-electron chi connectivity index (χ3n) is 6.47. The van der Waals surface area contributed by atoms with Gasteiger partial charge in [-0.15, -0.1) is 0 Å². The predicted molar refractivity (Wildman–Crippen MR) is 150 cm³/mol. The fourth-order valence-electron chi connectivity index (χ4n) is 4.57. The van der Waals surface area contributed by atoms with Crippen molar-refractivity contribution in [2.24, 2.45) is 0 Å². The largest absolute Gasteiger partial charge is 0.507 e. The van der Waals surface area contributed by atoms with Crippen molar-refractivity contribution in [1.29, 1.82) is 0 Å². The maximum Gasteiger partial charge on any atom is 0.295 e. The molecule has 0 aliphatic carbocycles. The molecule has 3 aromatic carbocycles. The molecule has 7 heteroatoms. The summed E-state index contributed by atoms with van der Waals surface area (Å²) in [7, 11) is 1.59. The van der Waals surface area contributed by atoms with E-state index in [4.69, 9.17) is 14.2 Å². The minimum absolute atomic E-state index is 0.0469. The monoisotopic (exact) mass is 527 g/mol. The number of carbonyl (C=O) groups excluding carboxylic acids is 2. The molecule has 39 heavy (non-hydrogen) atoms. The lowest BCUT2D eigenvalue weighted by Crippen LogP contribution is -2.31. The Morgan fingerprint density at radius 1 is 1.00 bits per heavy atom. The number of aliphatic hydroxyl groups excluding tert-OH is 1. The van der Waals surface area contributed by atoms with Crippen LogP contribution in [0.4, 0.5) is 0 Å². The van der Waals surface area contributed by atoms with Crippen LogP contribution in [-0.2, 0) is 20.9 Å². The zero-order valence-corrected chi connectivity index (χ0v) is 22.3. The van der Waals surface area contributed by atoms with Gasteiger partial charge in [0.05, 0.1) is 11.6 Å². The van der Waals surface area contributed by atoms with Crippen LogP contribution >= 0.6 is 0 Å². The number of aliphatic hydroxyl groups is 1. The lowest BCUT2D eigenvalue weighted by atomic mass is 9.95. The molecule has 3 aromatic rings. The molecule has 1 aliphatic rings. The Balaban J connectivity index is 1.62. The van der Waals surface area contributed by atoms with E-state index >= 15 is 0 Å². The topological polar surface area (TPSA) is 85.3 Å². The van der Waals surface area contributed by atoms with E-state index < -0.39 is 17.7 Å². The standard InChI is InChI=1S/C32H33NO6/c1-4-18-38-26-13-9-24(10-14-26)29-28(31(35)32(36)33(29)17-6-19-37-3)30(34)25-11-15-27(16-12-25)39-21-23-8-5-7-22(2)20-23/h4-5,7-16,20,29,34H,1,6,17-19,21H2,2-3H3/b30-28+/t29-/m1/s1. The number of hydrogen-bond donors (Lipinski definition) is 1. The van der Waals surface area contributed by atoms with E-state index in [1.807, 2.05) is 25.1 Å². The van der Waals surface area contributed by atoms with Crippen molar-refractivity contribution in [3.8, 4) is 11.5 Å². The normalized spacial score (nSPS) is 16.4. The number of amides is 1. The molecule has 0 spiro atoms. The third-order valence-corrected chi connectivity index (χ3v) is 6.47. The van der Waals surface area contributed by atoms with Gasteiger partial charge in [-0.1, -0.05) is 54.6 Å². The highest BCUT2D eigenvalue weighted by atomic mass is 16.5. The lowest BCUT2D eigenvalue weighted by Gasteiger charge is -2.25. The molecule has 1 aliphatic heterocycles. The van der Waals surface area contributed by atoms with Gasteiger partial charge in [-0.25, -0.2) is 0 Å². The molecule has 1 heterocycles. The number of nitrogens with zero attached hydrogens (tertiary/aromatic N) is 1. The van der Waals surface area contributed by atoms with Gasteiger partial charge in [0.25, 0.3) is 11.7 Å². The Kier molecular flexibility index (Phi) is 9.18. The molecule has 1 fully saturated rings. The van der Waals surface area contributed by atoms with Crippen molar-refractivity contribution >= 4 is 17.4 Å². The van der Waals surface area contributed by atoms with E-state index in [0.717, 1.165) is 11.1 Å². The minimum Gasteiger partial charge on any atom is -0.507 e. The molecule has 1 amide bonds. The van der Waals surface area contributed by atoms with Crippen LogP contribution in [0.3, 0.4) is 0 Å². The number of ketones is 1. The first-order valence-corrected chi connectivity index (χ1v) is 12.8. The Bertz CT molecular complexity index is 1340. The van der Waals surface area contributed by atoms with Crippen molar-refractivity contribution in [2.75, 3.05) is 26.9 Å². The SMILES string of the molecule is C=CCOc1ccc([C@@H]2/C(=C(\O)c3ccc(OCc4cccc(C)c4)cc3)C(=O)C(=O)N2CCCOC)cc1. The molecule has 4 rings (SSSR count). The number of benzene rings is 3. The highest BCUT2D eigenvalue weighted by Gasteiger charge is 2.45. The lowest BCUT2D eigenvalue weighted by molar-refractivity contribution is -0.140. The van der Waals surface area contributed by atoms with E-state index in [9.17, 15) is 14.7 Å². The van der Waals surface area contributed by atoms with Crippen molar-refractivity contribution < 1.29 is 28.9 Å². The smallest absolute Gasteiger partial charge is 0.295 e. The van der Waals surface area contributed by atoms with Crippen LogP contribution in [0, 0.1) is 6.92 Å². The number of rotatable bonds is 12. The molecule has 0 unspecified atom stereocenters. The van der Waals surface area contributed by atoms with Crippen LogP contribution in [0.5, 0.6) is 11.5 Å². The van der Waals surface area contributed by atoms with E-state index in [1.54, 1.807) is 61.7 Å². The second kappa shape index (κ2) is 12.9. The summed E-state index contributed by atoms with van der Waals surface area (Å²) in [5.74, 6) is -0.342. The summed E-state index contributed by atoms with van der Waals surface area (Å²) < 4.78 is 16.6. The van der Waals surface area contributed by atoms with Gasteiger partial charge in [0.1, 0.15) is 30.5 Å². The van der Waals surface area contributed by atoms with Gasteiger partial charge in [-0.3, -0.25) is 9.59 Å². The average Bonchev–Trinajstić information content (AvgIpc) is 3.20. The molecule has 202 valence electrons. The molecule has 1 atom stereocenters. The summed E-state index contributed by atoms with van der Waals surface area (Å²) in [6.45, 7) is 7.19. The van der Waals surface area contributed by atoms with E-state index in [1.165, 1.54) is 4.90 Å². The molecule has 0 radical (unpaired) electrons. The van der Waals surface area contributed by atoms with Crippen LogP contribution in [0.1, 0.15) is 34.7 Å². The van der Waals surface area contributed by atoms with Crippen molar-refractivity contribution in [3.05, 3.63) is 113 Å². The zero-order chi connectivity index (χ0) is 27.8. The van der Waals surface area contributed by atoms with Crippen molar-refractivity contribution in [3.63, 3.8) is 0 Å². The molecule has 1 N–H and O–H groups in total. The highest BCUT2D eigenvalue weighted by Crippen LogP contribution is 2.40. The fourth-order valence-corrected chi connectivity index (χ4v) is 4.57. The summed E-state index contributed by atoms with van der Waals surface area (Å²) >= 11 is 0. The average molecular weight is 528 g/mol. The number of methoxy groups -OCH3 is 1. The summed E-state index contributed by atoms with van der Waals surface area (Å²) in [6, 6.07) is 21.3. The second-order valence-corrected chi connectivity index (χ2v) is 9.31. The van der Waals surface area contributed by atoms with Gasteiger partial charge < -0.3 is 24.2 Å². The van der Waals surface area contributed by atoms with Gasteiger partial charge in [0.2, 0.25) is 0 Å². The zero-order valence-electron chi connectivity index (χ0n) is 22.3. The Hall–Kier alpha value is -4.36. The maximum atomic E-state index is 13.2. The van der Waals surface area contributed by atoms with Gasteiger partial charge >= 0.3 is 0 Å². The van der Waals surface area contributed by atoms with Crippen LogP contribution in [0.25, 0.3) is 5.76 Å². The molecular weight excluding hydrogens is 494 g/mol. The quantitative estimate of drug-likeness (QED) is 0.109. The summed E-state index contributed by atoms with van der Waals surface area (Å²) in [5, 5.41) is 11.3. The van der Waals surface area contributed by atoms with E-state index in [0.29, 0.717) is 55.4 Å². The minimum atomic E-state index is -0.743. The highest BCUT2D eigenvalue weighted by molar-refractivity contribution is 6.46. The fraction of sp³-hybridized carbons (Fsp3) is 0.250. The number of carbonyl (C=O) groups is 2. The van der Waals surface area contributed by atoms with Crippen LogP contribution < -0.4 is 9.47 Å². The predicted octanol–water partition coefficient (Wildman–Crippen LogP) is 5.60. The Morgan fingerprint density at radius 3 is 2.36 bits per heavy atom. The number of Topliss-reactive ketones (excluding diaryl/α,β-unsaturated/α-hetero) is 1. The maximum absolute atomic E-state index is 13.2. The first kappa shape index (κ1) is 27.7. The molecule has 7 nitrogen and oxygen atoms in total. The Morgan fingerprint density at radius 2 is 1.69 bits per heavy atom. The molecule has 0 aromatic heterocycles. The number of ether oxygens (including phenoxy) is 3. The second-order valence-electron chi connectivity index (χ2n) is 9.31. The first-order valence-electron chi connectivity index (χ1n) is 12.8. The van der Waals surface area contributed by atoms with Gasteiger partial charge in [0, 0.05) is 25.8 Å². The summed E-state index contributed by atoms with van der Waals surface area (Å²) in [4.78, 5) is 27.8. The first-order chi connectivity index (χ1) is 18.9. The molecular formula is C32H33NO6. The summed E-state index contributed by atoms with van der Waals surface area (Å²) in [5.41, 5.74) is 3.37. The van der Waals surface area contributed by atoms with Gasteiger partial charge in [0.15, 0.2) is 0 Å². The molecule has 0 saturated carbocycles. The van der Waals surface area contributed by atoms with Crippen LogP contribution in [0.15, 0.2) is 91.0 Å². The van der Waals surface area contributed by atoms with E-state index in [-0.39, 0.29) is 11.3 Å². The molecule has 0 bridgehead atoms. The van der Waals surface area contributed by atoms with Crippen molar-refractivity contribution in [1.82, 2.24) is 4.90 Å². The Labute approximate surface area is 228 Å². The molecule has 1 saturated heterocycles. The summed E-state index contributed by atoms with van der Waals surface area (Å²) in [6.07, 6.45) is 2.20. The van der Waals surface area contributed by atoms with Gasteiger partial charge in [-0.2, -0.15) is 0 Å². The van der Waals surface area contributed by atoms with Crippen LogP contribution in [0.2, 0.25) is 0 Å². The number of hydrogen-bond acceptors (Lipinski definition) is 6.